The molecule has 1 aliphatic carbocycles. The van der Waals surface area contributed by atoms with E-state index in [1.807, 2.05) is 34.1 Å². The van der Waals surface area contributed by atoms with Crippen LogP contribution in [-0.4, -0.2) is 53.9 Å². The number of halogens is 1. The maximum Gasteiger partial charge on any atom is 0.276 e. The Morgan fingerprint density at radius 1 is 1.12 bits per heavy atom. The molecule has 6 nitrogen and oxygen atoms in total. The SMILES string of the molecule is CC/C=C(/NC1CC1)c1cc2c(s1)-c1ccccc1N(C(=O)c1cccc(-c3cnc(N4CCPCC4)c(F)c3)n1)CC2. The number of nitrogens with zero attached hydrogens (tertiary/aromatic N) is 4. The van der Waals surface area contributed by atoms with Crippen molar-refractivity contribution in [3.05, 3.63) is 88.8 Å². The summed E-state index contributed by atoms with van der Waals surface area (Å²) in [7, 11) is 0.940. The molecule has 0 radical (unpaired) electrons. The number of nitrogens with one attached hydrogen (secondary N) is 1. The van der Waals surface area contributed by atoms with Gasteiger partial charge in [0.15, 0.2) is 11.6 Å². The van der Waals surface area contributed by atoms with Gasteiger partial charge in [-0.05, 0) is 73.9 Å². The van der Waals surface area contributed by atoms with Crippen LogP contribution in [0.25, 0.3) is 27.4 Å². The highest BCUT2D eigenvalue weighted by Gasteiger charge is 2.29. The van der Waals surface area contributed by atoms with Crippen LogP contribution >= 0.6 is 19.9 Å². The Kier molecular flexibility index (Phi) is 7.98. The van der Waals surface area contributed by atoms with E-state index >= 15 is 4.39 Å². The van der Waals surface area contributed by atoms with Gasteiger partial charge in [-0.3, -0.25) is 4.79 Å². The first-order chi connectivity index (χ1) is 21.1. The molecule has 0 spiro atoms. The Balaban J connectivity index is 1.17. The molecule has 0 bridgehead atoms. The Morgan fingerprint density at radius 2 is 1.95 bits per heavy atom. The molecule has 0 atom stereocenters. The van der Waals surface area contributed by atoms with E-state index in [0.717, 1.165) is 58.1 Å². The van der Waals surface area contributed by atoms with E-state index in [2.05, 4.69) is 35.4 Å². The van der Waals surface area contributed by atoms with E-state index in [0.29, 0.717) is 35.4 Å². The Labute approximate surface area is 257 Å². The normalized spacial score (nSPS) is 16.8. The van der Waals surface area contributed by atoms with Crippen molar-refractivity contribution in [2.75, 3.05) is 41.8 Å². The van der Waals surface area contributed by atoms with Gasteiger partial charge in [0.05, 0.1) is 16.3 Å². The minimum absolute atomic E-state index is 0.161. The molecule has 1 N–H and O–H groups in total. The predicted molar refractivity (Wildman–Crippen MR) is 177 cm³/mol. The summed E-state index contributed by atoms with van der Waals surface area (Å²) in [6.07, 6.45) is 10.3. The Bertz CT molecular complexity index is 1690. The van der Waals surface area contributed by atoms with Crippen molar-refractivity contribution in [1.82, 2.24) is 15.3 Å². The van der Waals surface area contributed by atoms with Crippen molar-refractivity contribution in [3.8, 4) is 21.7 Å². The minimum atomic E-state index is -0.350. The van der Waals surface area contributed by atoms with E-state index < -0.39 is 0 Å². The van der Waals surface area contributed by atoms with Crippen LogP contribution < -0.4 is 15.1 Å². The molecule has 220 valence electrons. The lowest BCUT2D eigenvalue weighted by molar-refractivity contribution is 0.0983. The fraction of sp³-hybridized carbons (Fsp3) is 0.324. The van der Waals surface area contributed by atoms with Gasteiger partial charge in [0.1, 0.15) is 5.69 Å². The quantitative estimate of drug-likeness (QED) is 0.224. The maximum atomic E-state index is 15.2. The number of aromatic nitrogens is 2. The Morgan fingerprint density at radius 3 is 2.74 bits per heavy atom. The van der Waals surface area contributed by atoms with Crippen molar-refractivity contribution in [1.29, 1.82) is 0 Å². The van der Waals surface area contributed by atoms with Crippen LogP contribution in [0.3, 0.4) is 0 Å². The van der Waals surface area contributed by atoms with E-state index in [9.17, 15) is 4.79 Å². The van der Waals surface area contributed by atoms with E-state index in [1.54, 1.807) is 29.7 Å². The predicted octanol–water partition coefficient (Wildman–Crippen LogP) is 7.22. The molecule has 43 heavy (non-hydrogen) atoms. The maximum absolute atomic E-state index is 15.2. The fourth-order valence-corrected chi connectivity index (χ4v) is 8.21. The van der Waals surface area contributed by atoms with Crippen molar-refractivity contribution < 1.29 is 9.18 Å². The molecule has 5 heterocycles. The molecule has 0 unspecified atom stereocenters. The summed E-state index contributed by atoms with van der Waals surface area (Å²) in [5.41, 5.74) is 5.89. The third-order valence-electron chi connectivity index (χ3n) is 8.21. The number of para-hydroxylation sites is 1. The lowest BCUT2D eigenvalue weighted by atomic mass is 10.1. The lowest BCUT2D eigenvalue weighted by Crippen LogP contribution is -2.33. The largest absolute Gasteiger partial charge is 0.381 e. The number of carbonyl (C=O) groups is 1. The van der Waals surface area contributed by atoms with Gasteiger partial charge in [0, 0.05) is 53.6 Å². The van der Waals surface area contributed by atoms with E-state index in [-0.39, 0.29) is 11.7 Å². The van der Waals surface area contributed by atoms with Gasteiger partial charge in [-0.2, -0.15) is 0 Å². The van der Waals surface area contributed by atoms with Crippen molar-refractivity contribution in [3.63, 3.8) is 0 Å². The molecule has 3 aromatic heterocycles. The molecular formula is C34H35FN5OPS. The number of hydrogen-bond donors (Lipinski definition) is 1. The monoisotopic (exact) mass is 611 g/mol. The van der Waals surface area contributed by atoms with Crippen LogP contribution in [0.1, 0.15) is 47.1 Å². The number of hydrogen-bond acceptors (Lipinski definition) is 6. The zero-order chi connectivity index (χ0) is 29.3. The van der Waals surface area contributed by atoms with Crippen LogP contribution in [-0.2, 0) is 6.42 Å². The molecular weight excluding hydrogens is 576 g/mol. The Hall–Kier alpha value is -3.61. The molecule has 2 aliphatic heterocycles. The van der Waals surface area contributed by atoms with Gasteiger partial charge in [-0.25, -0.2) is 14.4 Å². The van der Waals surface area contributed by atoms with E-state index in [4.69, 9.17) is 4.98 Å². The number of fused-ring (bicyclic) bond motifs is 3. The molecule has 9 heteroatoms. The minimum Gasteiger partial charge on any atom is -0.381 e. The molecule has 1 aromatic carbocycles. The van der Waals surface area contributed by atoms with Crippen LogP contribution in [0.4, 0.5) is 15.9 Å². The standard InChI is InChI=1S/C34H35FN5OPS/c1-2-6-28(37-24-11-12-24)31-20-22-13-14-40(30-10-4-3-7-25(30)32(22)43-31)34(41)29-9-5-8-27(38-29)23-19-26(35)33(36-21-23)39-15-17-42-18-16-39/h3-10,19-21,24,37,42H,2,11-18H2,1H3/b28-6+. The first-order valence-electron chi connectivity index (χ1n) is 15.2. The summed E-state index contributed by atoms with van der Waals surface area (Å²) in [5.74, 6) is -0.110. The van der Waals surface area contributed by atoms with Crippen molar-refractivity contribution in [2.45, 2.75) is 38.6 Å². The van der Waals surface area contributed by atoms with Gasteiger partial charge in [-0.15, -0.1) is 19.9 Å². The fourth-order valence-electron chi connectivity index (χ4n) is 5.86. The number of pyridine rings is 2. The number of thiophene rings is 1. The lowest BCUT2D eigenvalue weighted by Gasteiger charge is -2.28. The van der Waals surface area contributed by atoms with Gasteiger partial charge in [0.25, 0.3) is 5.91 Å². The topological polar surface area (TPSA) is 61.4 Å². The summed E-state index contributed by atoms with van der Waals surface area (Å²) >= 11 is 1.80. The average Bonchev–Trinajstić information content (AvgIpc) is 3.80. The summed E-state index contributed by atoms with van der Waals surface area (Å²) in [6, 6.07) is 17.9. The number of rotatable bonds is 7. The van der Waals surface area contributed by atoms with E-state index in [1.165, 1.54) is 39.9 Å². The zero-order valence-corrected chi connectivity index (χ0v) is 26.1. The number of carbonyl (C=O) groups excluding carboxylic acids is 1. The molecule has 1 amide bonds. The van der Waals surface area contributed by atoms with Gasteiger partial charge in [0.2, 0.25) is 0 Å². The van der Waals surface area contributed by atoms with Crippen LogP contribution in [0.2, 0.25) is 0 Å². The van der Waals surface area contributed by atoms with Crippen molar-refractivity contribution >= 4 is 43.0 Å². The average molecular weight is 612 g/mol. The van der Waals surface area contributed by atoms with Gasteiger partial charge < -0.3 is 15.1 Å². The summed E-state index contributed by atoms with van der Waals surface area (Å²) in [4.78, 5) is 29.6. The number of benzene rings is 1. The van der Waals surface area contributed by atoms with Crippen LogP contribution in [0, 0.1) is 5.82 Å². The first-order valence-corrected chi connectivity index (χ1v) is 17.4. The molecule has 1 saturated heterocycles. The molecule has 7 rings (SSSR count). The number of anilines is 2. The summed E-state index contributed by atoms with van der Waals surface area (Å²) in [6.45, 7) is 4.40. The third kappa shape index (κ3) is 5.83. The molecule has 3 aliphatic rings. The van der Waals surface area contributed by atoms with Crippen LogP contribution in [0.15, 0.2) is 66.9 Å². The van der Waals surface area contributed by atoms with Gasteiger partial charge >= 0.3 is 0 Å². The van der Waals surface area contributed by atoms with Gasteiger partial charge in [-0.1, -0.05) is 37.3 Å². The highest BCUT2D eigenvalue weighted by Crippen LogP contribution is 2.43. The highest BCUT2D eigenvalue weighted by molar-refractivity contribution is 7.38. The second kappa shape index (κ2) is 12.2. The molecule has 4 aromatic rings. The third-order valence-corrected chi connectivity index (χ3v) is 10.6. The summed E-state index contributed by atoms with van der Waals surface area (Å²) in [5, 5.41) is 3.72. The zero-order valence-electron chi connectivity index (χ0n) is 24.3. The summed E-state index contributed by atoms with van der Waals surface area (Å²) < 4.78 is 15.2. The smallest absolute Gasteiger partial charge is 0.276 e. The second-order valence-corrected chi connectivity index (χ2v) is 13.9. The first kappa shape index (κ1) is 28.2. The second-order valence-electron chi connectivity index (χ2n) is 11.3. The number of allylic oxidation sites excluding steroid dienone is 1. The molecule has 2 fully saturated rings. The van der Waals surface area contributed by atoms with Crippen molar-refractivity contribution in [2.24, 2.45) is 0 Å². The number of amides is 1. The highest BCUT2D eigenvalue weighted by atomic mass is 32.1. The van der Waals surface area contributed by atoms with Crippen LogP contribution in [0.5, 0.6) is 0 Å². The molecule has 1 saturated carbocycles.